The maximum absolute atomic E-state index is 5.20. The standard InChI is InChI=1S/C13H19NOS/c1-15-9-12-4-2-3-5-13(12)14-8-11-6-7-16-10-11/h2-5,11,14H,6-10H2,1H3. The Morgan fingerprint density at radius 2 is 2.31 bits per heavy atom. The lowest BCUT2D eigenvalue weighted by atomic mass is 10.1. The zero-order valence-corrected chi connectivity index (χ0v) is 10.6. The molecular weight excluding hydrogens is 218 g/mol. The Hall–Kier alpha value is -0.670. The number of rotatable bonds is 5. The highest BCUT2D eigenvalue weighted by Crippen LogP contribution is 2.24. The molecule has 2 rings (SSSR count). The molecular formula is C13H19NOS. The van der Waals surface area contributed by atoms with Gasteiger partial charge in [0, 0.05) is 24.9 Å². The lowest BCUT2D eigenvalue weighted by Crippen LogP contribution is -2.14. The topological polar surface area (TPSA) is 21.3 Å². The molecule has 0 aromatic heterocycles. The number of anilines is 1. The Balaban J connectivity index is 1.91. The van der Waals surface area contributed by atoms with Crippen LogP contribution in [0.25, 0.3) is 0 Å². The quantitative estimate of drug-likeness (QED) is 0.850. The number of thioether (sulfide) groups is 1. The van der Waals surface area contributed by atoms with Crippen molar-refractivity contribution < 1.29 is 4.74 Å². The zero-order chi connectivity index (χ0) is 11.2. The second-order valence-electron chi connectivity index (χ2n) is 4.20. The van der Waals surface area contributed by atoms with Crippen molar-refractivity contribution in [3.05, 3.63) is 29.8 Å². The largest absolute Gasteiger partial charge is 0.384 e. The number of hydrogen-bond acceptors (Lipinski definition) is 3. The van der Waals surface area contributed by atoms with Crippen molar-refractivity contribution in [3.8, 4) is 0 Å². The molecule has 2 nitrogen and oxygen atoms in total. The van der Waals surface area contributed by atoms with Crippen LogP contribution in [0, 0.1) is 5.92 Å². The van der Waals surface area contributed by atoms with Gasteiger partial charge in [-0.1, -0.05) is 18.2 Å². The minimum Gasteiger partial charge on any atom is -0.384 e. The molecule has 1 heterocycles. The molecule has 1 aromatic rings. The molecule has 1 fully saturated rings. The molecule has 1 saturated heterocycles. The summed E-state index contributed by atoms with van der Waals surface area (Å²) >= 11 is 2.07. The van der Waals surface area contributed by atoms with E-state index in [-0.39, 0.29) is 0 Å². The predicted octanol–water partition coefficient (Wildman–Crippen LogP) is 3.00. The summed E-state index contributed by atoms with van der Waals surface area (Å²) in [6.07, 6.45) is 1.35. The lowest BCUT2D eigenvalue weighted by Gasteiger charge is -2.14. The number of methoxy groups -OCH3 is 1. The highest BCUT2D eigenvalue weighted by atomic mass is 32.2. The van der Waals surface area contributed by atoms with Crippen LogP contribution in [-0.2, 0) is 11.3 Å². The summed E-state index contributed by atoms with van der Waals surface area (Å²) in [5.74, 6) is 3.46. The van der Waals surface area contributed by atoms with Crippen LogP contribution >= 0.6 is 11.8 Å². The lowest BCUT2D eigenvalue weighted by molar-refractivity contribution is 0.185. The number of benzene rings is 1. The molecule has 0 amide bonds. The summed E-state index contributed by atoms with van der Waals surface area (Å²) in [6, 6.07) is 8.39. The second-order valence-corrected chi connectivity index (χ2v) is 5.35. The van der Waals surface area contributed by atoms with E-state index in [4.69, 9.17) is 4.74 Å². The van der Waals surface area contributed by atoms with Crippen molar-refractivity contribution in [1.82, 2.24) is 0 Å². The van der Waals surface area contributed by atoms with Crippen molar-refractivity contribution in [3.63, 3.8) is 0 Å². The van der Waals surface area contributed by atoms with Crippen LogP contribution in [0.1, 0.15) is 12.0 Å². The van der Waals surface area contributed by atoms with Gasteiger partial charge in [0.05, 0.1) is 6.61 Å². The van der Waals surface area contributed by atoms with E-state index in [1.807, 2.05) is 0 Å². The number of para-hydroxylation sites is 1. The first-order valence-corrected chi connectivity index (χ1v) is 6.94. The normalized spacial score (nSPS) is 19.9. The van der Waals surface area contributed by atoms with Gasteiger partial charge in [-0.05, 0) is 29.9 Å². The zero-order valence-electron chi connectivity index (χ0n) is 9.74. The van der Waals surface area contributed by atoms with E-state index < -0.39 is 0 Å². The molecule has 1 unspecified atom stereocenters. The summed E-state index contributed by atoms with van der Waals surface area (Å²) in [7, 11) is 1.74. The molecule has 1 atom stereocenters. The highest BCUT2D eigenvalue weighted by Gasteiger charge is 2.15. The molecule has 0 bridgehead atoms. The van der Waals surface area contributed by atoms with Crippen molar-refractivity contribution in [1.29, 1.82) is 0 Å². The van der Waals surface area contributed by atoms with E-state index >= 15 is 0 Å². The summed E-state index contributed by atoms with van der Waals surface area (Å²) < 4.78 is 5.20. The van der Waals surface area contributed by atoms with Crippen LogP contribution < -0.4 is 5.32 Å². The van der Waals surface area contributed by atoms with E-state index in [2.05, 4.69) is 41.3 Å². The first-order chi connectivity index (χ1) is 7.90. The maximum atomic E-state index is 5.20. The highest BCUT2D eigenvalue weighted by molar-refractivity contribution is 7.99. The van der Waals surface area contributed by atoms with E-state index in [0.29, 0.717) is 6.61 Å². The maximum Gasteiger partial charge on any atom is 0.0733 e. The van der Waals surface area contributed by atoms with Gasteiger partial charge < -0.3 is 10.1 Å². The molecule has 88 valence electrons. The fourth-order valence-electron chi connectivity index (χ4n) is 1.97. The Morgan fingerprint density at radius 3 is 3.06 bits per heavy atom. The molecule has 16 heavy (non-hydrogen) atoms. The van der Waals surface area contributed by atoms with Gasteiger partial charge in [-0.15, -0.1) is 0 Å². The fraction of sp³-hybridized carbons (Fsp3) is 0.538. The van der Waals surface area contributed by atoms with Gasteiger partial charge in [-0.2, -0.15) is 11.8 Å². The summed E-state index contributed by atoms with van der Waals surface area (Å²) in [5, 5.41) is 3.55. The third-order valence-electron chi connectivity index (χ3n) is 2.92. The summed E-state index contributed by atoms with van der Waals surface area (Å²) in [4.78, 5) is 0. The molecule has 0 saturated carbocycles. The molecule has 1 aliphatic heterocycles. The van der Waals surface area contributed by atoms with E-state index in [1.165, 1.54) is 29.2 Å². The molecule has 1 aromatic carbocycles. The molecule has 0 aliphatic carbocycles. The third kappa shape index (κ3) is 3.16. The SMILES string of the molecule is COCc1ccccc1NCC1CCSC1. The van der Waals surface area contributed by atoms with Gasteiger partial charge in [0.1, 0.15) is 0 Å². The molecule has 1 aliphatic rings. The van der Waals surface area contributed by atoms with Crippen molar-refractivity contribution >= 4 is 17.4 Å². The number of hydrogen-bond donors (Lipinski definition) is 1. The minimum absolute atomic E-state index is 0.683. The van der Waals surface area contributed by atoms with Crippen LogP contribution in [0.5, 0.6) is 0 Å². The summed E-state index contributed by atoms with van der Waals surface area (Å²) in [5.41, 5.74) is 2.47. The van der Waals surface area contributed by atoms with Gasteiger partial charge in [-0.3, -0.25) is 0 Å². The fourth-order valence-corrected chi connectivity index (χ4v) is 3.26. The van der Waals surface area contributed by atoms with Crippen molar-refractivity contribution in [2.24, 2.45) is 5.92 Å². The average molecular weight is 237 g/mol. The third-order valence-corrected chi connectivity index (χ3v) is 4.15. The first kappa shape index (κ1) is 11.8. The Labute approximate surface area is 102 Å². The van der Waals surface area contributed by atoms with E-state index in [9.17, 15) is 0 Å². The molecule has 1 N–H and O–H groups in total. The van der Waals surface area contributed by atoms with Gasteiger partial charge >= 0.3 is 0 Å². The van der Waals surface area contributed by atoms with Crippen LogP contribution in [0.15, 0.2) is 24.3 Å². The number of nitrogens with one attached hydrogen (secondary N) is 1. The summed E-state index contributed by atoms with van der Waals surface area (Å²) in [6.45, 7) is 1.77. The van der Waals surface area contributed by atoms with Gasteiger partial charge in [-0.25, -0.2) is 0 Å². The first-order valence-electron chi connectivity index (χ1n) is 5.78. The van der Waals surface area contributed by atoms with Crippen LogP contribution in [0.3, 0.4) is 0 Å². The smallest absolute Gasteiger partial charge is 0.0733 e. The van der Waals surface area contributed by atoms with Crippen LogP contribution in [0.2, 0.25) is 0 Å². The Bertz CT molecular complexity index is 323. The minimum atomic E-state index is 0.683. The van der Waals surface area contributed by atoms with E-state index in [0.717, 1.165) is 12.5 Å². The van der Waals surface area contributed by atoms with Crippen LogP contribution in [0.4, 0.5) is 5.69 Å². The van der Waals surface area contributed by atoms with Gasteiger partial charge in [0.25, 0.3) is 0 Å². The van der Waals surface area contributed by atoms with Crippen molar-refractivity contribution in [2.75, 3.05) is 30.5 Å². The average Bonchev–Trinajstić information content (AvgIpc) is 2.81. The molecule has 0 radical (unpaired) electrons. The van der Waals surface area contributed by atoms with E-state index in [1.54, 1.807) is 7.11 Å². The predicted molar refractivity (Wildman–Crippen MR) is 71.1 cm³/mol. The van der Waals surface area contributed by atoms with Crippen molar-refractivity contribution in [2.45, 2.75) is 13.0 Å². The second kappa shape index (κ2) is 6.16. The number of ether oxygens (including phenoxy) is 1. The monoisotopic (exact) mass is 237 g/mol. The molecule has 3 heteroatoms. The van der Waals surface area contributed by atoms with Gasteiger partial charge in [0.2, 0.25) is 0 Å². The molecule has 0 spiro atoms. The Morgan fingerprint density at radius 1 is 1.44 bits per heavy atom. The van der Waals surface area contributed by atoms with Crippen LogP contribution in [-0.4, -0.2) is 25.2 Å². The Kier molecular flexibility index (Phi) is 4.55. The van der Waals surface area contributed by atoms with Gasteiger partial charge in [0.15, 0.2) is 0 Å².